The van der Waals surface area contributed by atoms with Crippen LogP contribution in [-0.4, -0.2) is 24.0 Å². The number of nitrogens with one attached hydrogen (secondary N) is 1. The van der Waals surface area contributed by atoms with Gasteiger partial charge in [-0.3, -0.25) is 4.79 Å². The van der Waals surface area contributed by atoms with E-state index < -0.39 is 0 Å². The first-order valence-corrected chi connectivity index (χ1v) is 10.4. The molecule has 4 nitrogen and oxygen atoms in total. The molecule has 0 aliphatic heterocycles. The van der Waals surface area contributed by atoms with Gasteiger partial charge in [-0.1, -0.05) is 32.9 Å². The normalized spacial score (nSPS) is 11.3. The Bertz CT molecular complexity index is 944. The highest BCUT2D eigenvalue weighted by molar-refractivity contribution is 7.13. The number of hydrogen-bond donors (Lipinski definition) is 1. The number of benzene rings is 2. The van der Waals surface area contributed by atoms with Gasteiger partial charge < -0.3 is 10.1 Å². The summed E-state index contributed by atoms with van der Waals surface area (Å²) in [6.45, 7) is 7.34. The fourth-order valence-corrected chi connectivity index (χ4v) is 3.58. The lowest BCUT2D eigenvalue weighted by molar-refractivity contribution is -0.120. The monoisotopic (exact) mass is 412 g/mol. The first-order chi connectivity index (χ1) is 13.8. The summed E-state index contributed by atoms with van der Waals surface area (Å²) in [7, 11) is 0. The van der Waals surface area contributed by atoms with Crippen molar-refractivity contribution < 1.29 is 13.9 Å². The molecule has 152 valence electrons. The molecule has 0 aliphatic rings. The van der Waals surface area contributed by atoms with E-state index in [1.54, 1.807) is 12.1 Å². The summed E-state index contributed by atoms with van der Waals surface area (Å²) in [5.74, 6) is 0.403. The molecular weight excluding hydrogens is 387 g/mol. The van der Waals surface area contributed by atoms with Gasteiger partial charge in [0.15, 0.2) is 0 Å². The maximum absolute atomic E-state index is 13.0. The Hall–Kier alpha value is -2.73. The average molecular weight is 413 g/mol. The Morgan fingerprint density at radius 1 is 1.10 bits per heavy atom. The Morgan fingerprint density at radius 3 is 2.45 bits per heavy atom. The van der Waals surface area contributed by atoms with E-state index in [4.69, 9.17) is 4.74 Å². The van der Waals surface area contributed by atoms with Crippen LogP contribution in [0, 0.1) is 5.82 Å². The van der Waals surface area contributed by atoms with Crippen LogP contribution in [0.1, 0.15) is 32.0 Å². The van der Waals surface area contributed by atoms with Crippen LogP contribution in [0.15, 0.2) is 53.9 Å². The van der Waals surface area contributed by atoms with E-state index in [0.29, 0.717) is 18.8 Å². The summed E-state index contributed by atoms with van der Waals surface area (Å²) in [6, 6.07) is 14.2. The summed E-state index contributed by atoms with van der Waals surface area (Å²) >= 11 is 1.44. The molecule has 2 aromatic carbocycles. The number of carbonyl (C=O) groups is 1. The molecule has 0 saturated heterocycles. The highest BCUT2D eigenvalue weighted by Gasteiger charge is 2.13. The second-order valence-corrected chi connectivity index (χ2v) is 8.66. The van der Waals surface area contributed by atoms with E-state index in [0.717, 1.165) is 16.3 Å². The van der Waals surface area contributed by atoms with Crippen LogP contribution in [0.2, 0.25) is 0 Å². The van der Waals surface area contributed by atoms with E-state index >= 15 is 0 Å². The lowest BCUT2D eigenvalue weighted by Crippen LogP contribution is -2.29. The van der Waals surface area contributed by atoms with Gasteiger partial charge in [-0.25, -0.2) is 9.37 Å². The Morgan fingerprint density at radius 2 is 1.79 bits per heavy atom. The number of aromatic nitrogens is 1. The number of thiazole rings is 1. The van der Waals surface area contributed by atoms with Crippen molar-refractivity contribution in [1.82, 2.24) is 10.3 Å². The maximum atomic E-state index is 13.0. The molecule has 0 aliphatic carbocycles. The van der Waals surface area contributed by atoms with Crippen molar-refractivity contribution in [2.75, 3.05) is 13.2 Å². The minimum absolute atomic E-state index is 0.104. The van der Waals surface area contributed by atoms with Crippen molar-refractivity contribution in [2.24, 2.45) is 0 Å². The molecule has 0 unspecified atom stereocenters. The SMILES string of the molecule is CC(C)(C)c1ccc(OCCNC(=O)Cc2csc(-c3ccc(F)cc3)n2)cc1. The second kappa shape index (κ2) is 9.18. The zero-order valence-corrected chi connectivity index (χ0v) is 17.7. The molecule has 0 radical (unpaired) electrons. The zero-order valence-electron chi connectivity index (χ0n) is 16.9. The van der Waals surface area contributed by atoms with Gasteiger partial charge in [0.25, 0.3) is 0 Å². The first kappa shape index (κ1) is 21.0. The van der Waals surface area contributed by atoms with Crippen LogP contribution in [0.3, 0.4) is 0 Å². The molecule has 29 heavy (non-hydrogen) atoms. The number of amides is 1. The average Bonchev–Trinajstić information content (AvgIpc) is 3.14. The van der Waals surface area contributed by atoms with Crippen molar-refractivity contribution in [1.29, 1.82) is 0 Å². The van der Waals surface area contributed by atoms with Crippen LogP contribution >= 0.6 is 11.3 Å². The fourth-order valence-electron chi connectivity index (χ4n) is 2.75. The van der Waals surface area contributed by atoms with Crippen LogP contribution < -0.4 is 10.1 Å². The van der Waals surface area contributed by atoms with Gasteiger partial charge in [0.1, 0.15) is 23.2 Å². The summed E-state index contributed by atoms with van der Waals surface area (Å²) in [6.07, 6.45) is 0.206. The van der Waals surface area contributed by atoms with Gasteiger partial charge in [-0.2, -0.15) is 0 Å². The third-order valence-corrected chi connectivity index (χ3v) is 5.34. The Kier molecular flexibility index (Phi) is 6.64. The lowest BCUT2D eigenvalue weighted by Gasteiger charge is -2.19. The molecule has 1 amide bonds. The van der Waals surface area contributed by atoms with Crippen LogP contribution in [0.4, 0.5) is 4.39 Å². The summed E-state index contributed by atoms with van der Waals surface area (Å²) in [5, 5.41) is 5.47. The fraction of sp³-hybridized carbons (Fsp3) is 0.304. The summed E-state index contributed by atoms with van der Waals surface area (Å²) in [5.41, 5.74) is 2.90. The lowest BCUT2D eigenvalue weighted by atomic mass is 9.87. The number of carbonyl (C=O) groups excluding carboxylic acids is 1. The highest BCUT2D eigenvalue weighted by atomic mass is 32.1. The quantitative estimate of drug-likeness (QED) is 0.557. The smallest absolute Gasteiger partial charge is 0.226 e. The van der Waals surface area contributed by atoms with Crippen molar-refractivity contribution in [3.63, 3.8) is 0 Å². The minimum Gasteiger partial charge on any atom is -0.492 e. The summed E-state index contributed by atoms with van der Waals surface area (Å²) < 4.78 is 18.7. The number of halogens is 1. The van der Waals surface area contributed by atoms with E-state index in [9.17, 15) is 9.18 Å². The topological polar surface area (TPSA) is 51.2 Å². The number of nitrogens with zero attached hydrogens (tertiary/aromatic N) is 1. The third kappa shape index (κ3) is 6.12. The van der Waals surface area contributed by atoms with Crippen molar-refractivity contribution in [3.05, 3.63) is 71.0 Å². The molecule has 0 saturated carbocycles. The molecule has 0 fully saturated rings. The van der Waals surface area contributed by atoms with Gasteiger partial charge in [0, 0.05) is 10.9 Å². The number of hydrogen-bond acceptors (Lipinski definition) is 4. The largest absolute Gasteiger partial charge is 0.492 e. The van der Waals surface area contributed by atoms with E-state index in [-0.39, 0.29) is 23.6 Å². The van der Waals surface area contributed by atoms with Gasteiger partial charge in [-0.05, 0) is 47.4 Å². The predicted molar refractivity (Wildman–Crippen MR) is 115 cm³/mol. The molecule has 0 atom stereocenters. The van der Waals surface area contributed by atoms with E-state index in [1.807, 2.05) is 17.5 Å². The standard InChI is InChI=1S/C23H25FN2O2S/c1-23(2,3)17-6-10-20(11-7-17)28-13-12-25-21(27)14-19-15-29-22(26-19)16-4-8-18(24)9-5-16/h4-11,15H,12-14H2,1-3H3,(H,25,27). The number of rotatable bonds is 7. The minimum atomic E-state index is -0.280. The van der Waals surface area contributed by atoms with Crippen molar-refractivity contribution >= 4 is 17.2 Å². The molecule has 0 bridgehead atoms. The second-order valence-electron chi connectivity index (χ2n) is 7.80. The van der Waals surface area contributed by atoms with Crippen molar-refractivity contribution in [2.45, 2.75) is 32.6 Å². The van der Waals surface area contributed by atoms with Crippen LogP contribution in [0.5, 0.6) is 5.75 Å². The molecule has 6 heteroatoms. The van der Waals surface area contributed by atoms with E-state index in [1.165, 1.54) is 29.0 Å². The zero-order chi connectivity index (χ0) is 20.9. The first-order valence-electron chi connectivity index (χ1n) is 9.52. The third-order valence-electron chi connectivity index (χ3n) is 4.40. The molecule has 0 spiro atoms. The molecular formula is C23H25FN2O2S. The maximum Gasteiger partial charge on any atom is 0.226 e. The van der Waals surface area contributed by atoms with Crippen molar-refractivity contribution in [3.8, 4) is 16.3 Å². The van der Waals surface area contributed by atoms with Gasteiger partial charge in [0.2, 0.25) is 5.91 Å². The van der Waals surface area contributed by atoms with Gasteiger partial charge >= 0.3 is 0 Å². The Balaban J connectivity index is 1.42. The Labute approximate surface area is 174 Å². The summed E-state index contributed by atoms with van der Waals surface area (Å²) in [4.78, 5) is 16.6. The predicted octanol–water partition coefficient (Wildman–Crippen LogP) is 4.98. The molecule has 3 aromatic rings. The molecule has 1 aromatic heterocycles. The highest BCUT2D eigenvalue weighted by Crippen LogP contribution is 2.25. The molecule has 1 N–H and O–H groups in total. The van der Waals surface area contributed by atoms with E-state index in [2.05, 4.69) is 43.2 Å². The number of ether oxygens (including phenoxy) is 1. The van der Waals surface area contributed by atoms with Crippen LogP contribution in [0.25, 0.3) is 10.6 Å². The van der Waals surface area contributed by atoms with Gasteiger partial charge in [-0.15, -0.1) is 11.3 Å². The molecule has 1 heterocycles. The van der Waals surface area contributed by atoms with Gasteiger partial charge in [0.05, 0.1) is 18.7 Å². The molecule has 3 rings (SSSR count). The van der Waals surface area contributed by atoms with Crippen LogP contribution in [-0.2, 0) is 16.6 Å².